The van der Waals surface area contributed by atoms with Crippen LogP contribution in [-0.2, 0) is 20.9 Å². The number of carbonyl (C=O) groups excluding carboxylic acids is 2. The minimum atomic E-state index is -0.0823. The number of H-pyrrole nitrogens is 1. The van der Waals surface area contributed by atoms with Crippen LogP contribution in [0.4, 0.5) is 0 Å². The largest absolute Gasteiger partial charge is 0.376 e. The molecule has 1 aromatic rings. The maximum Gasteiger partial charge on any atom is 0.225 e. The summed E-state index contributed by atoms with van der Waals surface area (Å²) in [5, 5.41) is 0. The van der Waals surface area contributed by atoms with E-state index in [0.29, 0.717) is 19.4 Å². The molecule has 4 atom stereocenters. The van der Waals surface area contributed by atoms with E-state index < -0.39 is 0 Å². The van der Waals surface area contributed by atoms with Crippen molar-refractivity contribution in [1.82, 2.24) is 24.7 Å². The van der Waals surface area contributed by atoms with Crippen molar-refractivity contribution in [3.63, 3.8) is 0 Å². The van der Waals surface area contributed by atoms with Crippen LogP contribution in [0.2, 0.25) is 0 Å². The number of rotatable bonds is 6. The van der Waals surface area contributed by atoms with Gasteiger partial charge in [0, 0.05) is 63.5 Å². The first kappa shape index (κ1) is 20.0. The second kappa shape index (κ2) is 8.67. The van der Waals surface area contributed by atoms with Crippen LogP contribution in [0.5, 0.6) is 0 Å². The lowest BCUT2D eigenvalue weighted by molar-refractivity contribution is -0.133. The molecule has 0 bridgehead atoms. The first-order chi connectivity index (χ1) is 14.7. The van der Waals surface area contributed by atoms with Crippen molar-refractivity contribution in [2.75, 3.05) is 39.3 Å². The van der Waals surface area contributed by atoms with E-state index in [2.05, 4.69) is 14.9 Å². The molecular formula is C22H33N5O3. The van der Waals surface area contributed by atoms with E-state index in [9.17, 15) is 9.59 Å². The molecule has 30 heavy (non-hydrogen) atoms. The van der Waals surface area contributed by atoms with Gasteiger partial charge in [0.05, 0.1) is 25.7 Å². The standard InChI is InChI=1S/C22H33N5O3/c28-20(25-7-1-2-8-25)11-16-13-27(14-19-23-5-6-24-19)17-15-30-18(22(16)17)12-21(29)26-9-3-4-10-26/h5-6,16-18,22H,1-4,7-15H2,(H,23,24)/t16-,17-,18+,22-/m1/s1. The number of ether oxygens (including phenoxy) is 1. The molecule has 5 heterocycles. The van der Waals surface area contributed by atoms with Gasteiger partial charge < -0.3 is 19.5 Å². The van der Waals surface area contributed by atoms with E-state index in [4.69, 9.17) is 4.74 Å². The number of carbonyl (C=O) groups is 2. The summed E-state index contributed by atoms with van der Waals surface area (Å²) in [5.74, 6) is 1.90. The highest BCUT2D eigenvalue weighted by atomic mass is 16.5. The molecule has 0 unspecified atom stereocenters. The predicted octanol–water partition coefficient (Wildman–Crippen LogP) is 1.25. The van der Waals surface area contributed by atoms with Gasteiger partial charge in [0.1, 0.15) is 5.82 Å². The van der Waals surface area contributed by atoms with Crippen LogP contribution >= 0.6 is 0 Å². The van der Waals surface area contributed by atoms with Crippen LogP contribution in [0.3, 0.4) is 0 Å². The lowest BCUT2D eigenvalue weighted by Gasteiger charge is -2.26. The quantitative estimate of drug-likeness (QED) is 0.756. The highest BCUT2D eigenvalue weighted by Crippen LogP contribution is 2.42. The summed E-state index contributed by atoms with van der Waals surface area (Å²) in [5.41, 5.74) is 0. The second-order valence-corrected chi connectivity index (χ2v) is 9.33. The summed E-state index contributed by atoms with van der Waals surface area (Å²) in [6.07, 6.45) is 8.99. The fourth-order valence-electron chi connectivity index (χ4n) is 5.96. The molecule has 0 radical (unpaired) electrons. The fraction of sp³-hybridized carbons (Fsp3) is 0.773. The number of nitrogens with one attached hydrogen (secondary N) is 1. The predicted molar refractivity (Wildman–Crippen MR) is 110 cm³/mol. The molecule has 8 nitrogen and oxygen atoms in total. The van der Waals surface area contributed by atoms with E-state index in [1.54, 1.807) is 6.20 Å². The van der Waals surface area contributed by atoms with Gasteiger partial charge in [0.25, 0.3) is 0 Å². The molecule has 0 aliphatic carbocycles. The number of nitrogens with zero attached hydrogens (tertiary/aromatic N) is 4. The van der Waals surface area contributed by atoms with Gasteiger partial charge in [-0.1, -0.05) is 0 Å². The molecule has 4 aliphatic heterocycles. The lowest BCUT2D eigenvalue weighted by atomic mass is 9.84. The first-order valence-electron chi connectivity index (χ1n) is 11.6. The Morgan fingerprint density at radius 2 is 1.70 bits per heavy atom. The Bertz CT molecular complexity index is 742. The van der Waals surface area contributed by atoms with Gasteiger partial charge in [-0.2, -0.15) is 0 Å². The van der Waals surface area contributed by atoms with Gasteiger partial charge in [-0.25, -0.2) is 4.98 Å². The molecule has 5 rings (SSSR count). The third-order valence-corrected chi connectivity index (χ3v) is 7.47. The average Bonchev–Trinajstić information content (AvgIpc) is 3.55. The SMILES string of the molecule is O=C(C[C@@H]1CN(Cc2ncc[nH]2)[C@@H]2CO[C@@H](CC(=O)N3CCCC3)[C@H]12)N1CCCC1. The van der Waals surface area contributed by atoms with Crippen LogP contribution < -0.4 is 0 Å². The lowest BCUT2D eigenvalue weighted by Crippen LogP contribution is -2.37. The van der Waals surface area contributed by atoms with E-state index in [1.165, 1.54) is 0 Å². The number of aromatic nitrogens is 2. The van der Waals surface area contributed by atoms with Gasteiger partial charge in [-0.3, -0.25) is 14.5 Å². The summed E-state index contributed by atoms with van der Waals surface area (Å²) >= 11 is 0. The van der Waals surface area contributed by atoms with Crippen molar-refractivity contribution in [3.8, 4) is 0 Å². The molecule has 1 aromatic heterocycles. The van der Waals surface area contributed by atoms with Crippen LogP contribution in [-0.4, -0.2) is 88.0 Å². The van der Waals surface area contributed by atoms with Crippen molar-refractivity contribution in [3.05, 3.63) is 18.2 Å². The molecular weight excluding hydrogens is 382 g/mol. The Hall–Kier alpha value is -1.93. The van der Waals surface area contributed by atoms with Crippen molar-refractivity contribution < 1.29 is 14.3 Å². The molecule has 1 N–H and O–H groups in total. The van der Waals surface area contributed by atoms with Crippen molar-refractivity contribution in [2.24, 2.45) is 11.8 Å². The van der Waals surface area contributed by atoms with Gasteiger partial charge in [0.2, 0.25) is 11.8 Å². The van der Waals surface area contributed by atoms with Crippen LogP contribution in [0.1, 0.15) is 44.3 Å². The van der Waals surface area contributed by atoms with Gasteiger partial charge in [-0.15, -0.1) is 0 Å². The Balaban J connectivity index is 1.29. The van der Waals surface area contributed by atoms with Crippen LogP contribution in [0, 0.1) is 11.8 Å². The van der Waals surface area contributed by atoms with Crippen LogP contribution in [0.15, 0.2) is 12.4 Å². The molecule has 4 fully saturated rings. The minimum absolute atomic E-state index is 0.0823. The summed E-state index contributed by atoms with van der Waals surface area (Å²) in [6.45, 7) is 5.78. The smallest absolute Gasteiger partial charge is 0.225 e. The molecule has 8 heteroatoms. The number of hydrogen-bond acceptors (Lipinski definition) is 5. The average molecular weight is 416 g/mol. The van der Waals surface area contributed by atoms with Gasteiger partial charge in [0.15, 0.2) is 0 Å². The highest BCUT2D eigenvalue weighted by Gasteiger charge is 2.51. The molecule has 4 aliphatic rings. The zero-order valence-corrected chi connectivity index (χ0v) is 17.7. The Morgan fingerprint density at radius 3 is 2.33 bits per heavy atom. The number of hydrogen-bond donors (Lipinski definition) is 1. The van der Waals surface area contributed by atoms with Gasteiger partial charge in [-0.05, 0) is 31.6 Å². The summed E-state index contributed by atoms with van der Waals surface area (Å²) in [4.78, 5) is 39.7. The number of amides is 2. The zero-order chi connectivity index (χ0) is 20.5. The third-order valence-electron chi connectivity index (χ3n) is 7.47. The maximum atomic E-state index is 12.9. The van der Waals surface area contributed by atoms with Crippen molar-refractivity contribution in [1.29, 1.82) is 0 Å². The topological polar surface area (TPSA) is 81.8 Å². The normalized spacial score (nSPS) is 31.6. The van der Waals surface area contributed by atoms with E-state index in [1.807, 2.05) is 16.0 Å². The summed E-state index contributed by atoms with van der Waals surface area (Å²) in [7, 11) is 0. The minimum Gasteiger partial charge on any atom is -0.376 e. The summed E-state index contributed by atoms with van der Waals surface area (Å²) < 4.78 is 6.19. The van der Waals surface area contributed by atoms with Gasteiger partial charge >= 0.3 is 0 Å². The van der Waals surface area contributed by atoms with Crippen molar-refractivity contribution in [2.45, 2.75) is 57.2 Å². The number of imidazole rings is 1. The number of fused-ring (bicyclic) bond motifs is 1. The molecule has 4 saturated heterocycles. The number of aromatic amines is 1. The third kappa shape index (κ3) is 3.99. The zero-order valence-electron chi connectivity index (χ0n) is 17.7. The van der Waals surface area contributed by atoms with Crippen molar-refractivity contribution >= 4 is 11.8 Å². The van der Waals surface area contributed by atoms with Crippen LogP contribution in [0.25, 0.3) is 0 Å². The van der Waals surface area contributed by atoms with E-state index in [-0.39, 0.29) is 35.8 Å². The Kier molecular flexibility index (Phi) is 5.78. The molecule has 0 spiro atoms. The van der Waals surface area contributed by atoms with E-state index in [0.717, 1.165) is 70.8 Å². The Morgan fingerprint density at radius 1 is 1.03 bits per heavy atom. The molecule has 2 amide bonds. The Labute approximate surface area is 177 Å². The number of likely N-dealkylation sites (tertiary alicyclic amines) is 3. The fourth-order valence-corrected chi connectivity index (χ4v) is 5.96. The molecule has 0 saturated carbocycles. The first-order valence-corrected chi connectivity index (χ1v) is 11.6. The monoisotopic (exact) mass is 415 g/mol. The second-order valence-electron chi connectivity index (χ2n) is 9.33. The molecule has 0 aromatic carbocycles. The summed E-state index contributed by atoms with van der Waals surface area (Å²) in [6, 6.07) is 0.253. The highest BCUT2D eigenvalue weighted by molar-refractivity contribution is 5.78. The van der Waals surface area contributed by atoms with E-state index >= 15 is 0 Å². The maximum absolute atomic E-state index is 12.9. The molecule has 164 valence electrons.